The molecule has 0 saturated heterocycles. The van der Waals surface area contributed by atoms with Gasteiger partial charge in [0, 0.05) is 0 Å². The molecule has 0 spiro atoms. The number of aliphatic hydroxyl groups is 1. The van der Waals surface area contributed by atoms with Crippen LogP contribution >= 0.6 is 0 Å². The summed E-state index contributed by atoms with van der Waals surface area (Å²) < 4.78 is 0. The van der Waals surface area contributed by atoms with Crippen molar-refractivity contribution in [2.45, 2.75) is 84.1 Å². The van der Waals surface area contributed by atoms with Crippen LogP contribution in [0.3, 0.4) is 0 Å². The van der Waals surface area contributed by atoms with Crippen LogP contribution in [0.1, 0.15) is 78.6 Å². The molecule has 1 atom stereocenters. The third kappa shape index (κ3) is 4.87. The first-order chi connectivity index (χ1) is 9.92. The number of ketones is 1. The van der Waals surface area contributed by atoms with Crippen LogP contribution in [0.4, 0.5) is 0 Å². The summed E-state index contributed by atoms with van der Waals surface area (Å²) in [7, 11) is 0. The number of unbranched alkanes of at least 4 members (excludes halogenated alkanes) is 7. The van der Waals surface area contributed by atoms with Gasteiger partial charge in [0.25, 0.3) is 5.91 Å². The van der Waals surface area contributed by atoms with Crippen molar-refractivity contribution in [2.24, 2.45) is 0 Å². The van der Waals surface area contributed by atoms with E-state index in [-0.39, 0.29) is 17.1 Å². The molecule has 0 radical (unpaired) electrons. The molecule has 1 unspecified atom stereocenters. The van der Waals surface area contributed by atoms with E-state index in [1.54, 1.807) is 6.92 Å². The van der Waals surface area contributed by atoms with E-state index < -0.39 is 11.4 Å². The van der Waals surface area contributed by atoms with Crippen molar-refractivity contribution < 1.29 is 14.7 Å². The molecule has 1 rings (SSSR count). The van der Waals surface area contributed by atoms with Crippen molar-refractivity contribution in [1.82, 2.24) is 5.32 Å². The van der Waals surface area contributed by atoms with Crippen molar-refractivity contribution in [3.63, 3.8) is 0 Å². The summed E-state index contributed by atoms with van der Waals surface area (Å²) in [6, 6.07) is 0. The van der Waals surface area contributed by atoms with E-state index in [0.29, 0.717) is 6.42 Å². The van der Waals surface area contributed by atoms with Crippen molar-refractivity contribution in [2.75, 3.05) is 0 Å². The molecular weight excluding hydrogens is 266 g/mol. The predicted molar refractivity (Wildman–Crippen MR) is 84.1 cm³/mol. The number of carbonyl (C=O) groups is 2. The van der Waals surface area contributed by atoms with Crippen LogP contribution in [0, 0.1) is 0 Å². The van der Waals surface area contributed by atoms with Gasteiger partial charge in [-0.1, -0.05) is 58.3 Å². The molecule has 0 bridgehead atoms. The van der Waals surface area contributed by atoms with E-state index in [2.05, 4.69) is 12.2 Å². The third-order valence-electron chi connectivity index (χ3n) is 4.26. The zero-order chi connectivity index (χ0) is 15.9. The molecule has 0 fully saturated rings. The first kappa shape index (κ1) is 17.7. The third-order valence-corrected chi connectivity index (χ3v) is 4.26. The maximum absolute atomic E-state index is 11.7. The second-order valence-corrected chi connectivity index (χ2v) is 6.29. The van der Waals surface area contributed by atoms with Gasteiger partial charge in [0.1, 0.15) is 11.3 Å². The number of Topliss-reactive ketones (excluding diaryl/α,β-unsaturated/α-hetero) is 1. The van der Waals surface area contributed by atoms with E-state index >= 15 is 0 Å². The summed E-state index contributed by atoms with van der Waals surface area (Å²) >= 11 is 0. The van der Waals surface area contributed by atoms with Crippen LogP contribution in [0.2, 0.25) is 0 Å². The van der Waals surface area contributed by atoms with Crippen molar-refractivity contribution in [1.29, 1.82) is 0 Å². The molecule has 0 aromatic heterocycles. The first-order valence-corrected chi connectivity index (χ1v) is 8.19. The number of aliphatic hydroxyl groups excluding tert-OH is 1. The lowest BCUT2D eigenvalue weighted by Crippen LogP contribution is -2.41. The topological polar surface area (TPSA) is 66.4 Å². The van der Waals surface area contributed by atoms with Gasteiger partial charge >= 0.3 is 0 Å². The van der Waals surface area contributed by atoms with Gasteiger partial charge in [0.2, 0.25) is 0 Å². The predicted octanol–water partition coefficient (Wildman–Crippen LogP) is 3.81. The zero-order valence-electron chi connectivity index (χ0n) is 13.6. The van der Waals surface area contributed by atoms with Crippen LogP contribution in [-0.2, 0) is 9.59 Å². The number of nitrogens with one attached hydrogen (secondary N) is 1. The van der Waals surface area contributed by atoms with E-state index in [1.807, 2.05) is 0 Å². The second-order valence-electron chi connectivity index (χ2n) is 6.29. The Balaban J connectivity index is 2.32. The molecule has 1 aliphatic heterocycles. The Morgan fingerprint density at radius 1 is 1.10 bits per heavy atom. The zero-order valence-corrected chi connectivity index (χ0v) is 13.6. The summed E-state index contributed by atoms with van der Waals surface area (Å²) in [5.41, 5.74) is -0.836. The summed E-state index contributed by atoms with van der Waals surface area (Å²) in [6.07, 6.45) is 10.4. The SMILES string of the molecule is CCCCCCCCCCC1(C)NC(=O)C(C(C)=O)=C1O. The normalized spacial score (nSPS) is 21.8. The van der Waals surface area contributed by atoms with Gasteiger partial charge in [-0.2, -0.15) is 0 Å². The minimum absolute atomic E-state index is 0.0722. The van der Waals surface area contributed by atoms with E-state index in [0.717, 1.165) is 12.8 Å². The number of carbonyl (C=O) groups excluding carboxylic acids is 2. The van der Waals surface area contributed by atoms with E-state index in [9.17, 15) is 14.7 Å². The van der Waals surface area contributed by atoms with Crippen LogP contribution in [0.5, 0.6) is 0 Å². The molecule has 21 heavy (non-hydrogen) atoms. The molecule has 0 aromatic carbocycles. The standard InChI is InChI=1S/C17H29NO3/c1-4-5-6-7-8-9-10-11-12-17(3)15(20)14(13(2)19)16(21)18-17/h20H,4-12H2,1-3H3,(H,18,21). The Kier molecular flexibility index (Phi) is 6.93. The van der Waals surface area contributed by atoms with Crippen molar-refractivity contribution in [3.05, 3.63) is 11.3 Å². The van der Waals surface area contributed by atoms with Gasteiger partial charge in [-0.15, -0.1) is 0 Å². The van der Waals surface area contributed by atoms with Gasteiger partial charge < -0.3 is 10.4 Å². The molecular formula is C17H29NO3. The molecule has 4 heteroatoms. The second kappa shape index (κ2) is 8.20. The summed E-state index contributed by atoms with van der Waals surface area (Å²) in [6.45, 7) is 5.32. The van der Waals surface area contributed by atoms with Crippen molar-refractivity contribution >= 4 is 11.7 Å². The van der Waals surface area contributed by atoms with Crippen LogP contribution in [0.15, 0.2) is 11.3 Å². The van der Waals surface area contributed by atoms with Crippen LogP contribution in [-0.4, -0.2) is 22.3 Å². The fraction of sp³-hybridized carbons (Fsp3) is 0.765. The molecule has 1 aliphatic rings. The number of hydrogen-bond acceptors (Lipinski definition) is 3. The lowest BCUT2D eigenvalue weighted by Gasteiger charge is -2.24. The molecule has 120 valence electrons. The molecule has 0 aliphatic carbocycles. The Labute approximate surface area is 128 Å². The summed E-state index contributed by atoms with van der Waals surface area (Å²) in [4.78, 5) is 23.1. The maximum atomic E-state index is 11.7. The van der Waals surface area contributed by atoms with E-state index in [4.69, 9.17) is 0 Å². The molecule has 2 N–H and O–H groups in total. The lowest BCUT2D eigenvalue weighted by molar-refractivity contribution is -0.121. The molecule has 0 saturated carbocycles. The van der Waals surface area contributed by atoms with Gasteiger partial charge in [0.15, 0.2) is 5.78 Å². The smallest absolute Gasteiger partial charge is 0.259 e. The van der Waals surface area contributed by atoms with Gasteiger partial charge in [-0.3, -0.25) is 9.59 Å². The average molecular weight is 295 g/mol. The first-order valence-electron chi connectivity index (χ1n) is 8.19. The number of rotatable bonds is 10. The van der Waals surface area contributed by atoms with Gasteiger partial charge in [-0.05, 0) is 20.3 Å². The average Bonchev–Trinajstić information content (AvgIpc) is 2.63. The Morgan fingerprint density at radius 2 is 1.62 bits per heavy atom. The molecule has 4 nitrogen and oxygen atoms in total. The van der Waals surface area contributed by atoms with E-state index in [1.165, 1.54) is 45.4 Å². The minimum atomic E-state index is -0.764. The lowest BCUT2D eigenvalue weighted by atomic mass is 9.92. The van der Waals surface area contributed by atoms with Crippen molar-refractivity contribution in [3.8, 4) is 0 Å². The Hall–Kier alpha value is -1.32. The molecule has 1 heterocycles. The highest BCUT2D eigenvalue weighted by molar-refractivity contribution is 6.20. The highest BCUT2D eigenvalue weighted by atomic mass is 16.3. The minimum Gasteiger partial charge on any atom is -0.509 e. The maximum Gasteiger partial charge on any atom is 0.259 e. The van der Waals surface area contributed by atoms with Crippen LogP contribution in [0.25, 0.3) is 0 Å². The summed E-state index contributed by atoms with van der Waals surface area (Å²) in [5.74, 6) is -0.894. The van der Waals surface area contributed by atoms with Crippen LogP contribution < -0.4 is 5.32 Å². The largest absolute Gasteiger partial charge is 0.509 e. The number of amides is 1. The Morgan fingerprint density at radius 3 is 2.10 bits per heavy atom. The number of hydrogen-bond donors (Lipinski definition) is 2. The fourth-order valence-electron chi connectivity index (χ4n) is 2.88. The summed E-state index contributed by atoms with van der Waals surface area (Å²) in [5, 5.41) is 12.9. The highest BCUT2D eigenvalue weighted by Gasteiger charge is 2.42. The fourth-order valence-corrected chi connectivity index (χ4v) is 2.88. The van der Waals surface area contributed by atoms with Gasteiger partial charge in [0.05, 0.1) is 5.54 Å². The quantitative estimate of drug-likeness (QED) is 0.476. The molecule has 1 amide bonds. The van der Waals surface area contributed by atoms with Gasteiger partial charge in [-0.25, -0.2) is 0 Å². The monoisotopic (exact) mass is 295 g/mol. The molecule has 0 aromatic rings. The highest BCUT2D eigenvalue weighted by Crippen LogP contribution is 2.30. The Bertz CT molecular complexity index is 414.